The van der Waals surface area contributed by atoms with Gasteiger partial charge in [0.15, 0.2) is 0 Å². The monoisotopic (exact) mass is 274 g/mol. The second-order valence-corrected chi connectivity index (χ2v) is 5.78. The van der Waals surface area contributed by atoms with E-state index >= 15 is 0 Å². The molecule has 1 aliphatic heterocycles. The van der Waals surface area contributed by atoms with E-state index in [-0.39, 0.29) is 23.8 Å². The summed E-state index contributed by atoms with van der Waals surface area (Å²) in [6, 6.07) is 0.257. The van der Waals surface area contributed by atoms with Gasteiger partial charge in [0.2, 0.25) is 5.91 Å². The Balaban J connectivity index is 2.33. The second-order valence-electron chi connectivity index (χ2n) is 4.63. The fourth-order valence-corrected chi connectivity index (χ4v) is 2.85. The third-order valence-electron chi connectivity index (χ3n) is 3.00. The van der Waals surface area contributed by atoms with E-state index in [1.165, 1.54) is 7.11 Å². The van der Waals surface area contributed by atoms with E-state index < -0.39 is 0 Å². The number of methoxy groups -OCH3 is 1. The lowest BCUT2D eigenvalue weighted by Crippen LogP contribution is -2.43. The summed E-state index contributed by atoms with van der Waals surface area (Å²) in [5, 5.41) is 3.33. The molecule has 0 bridgehead atoms. The highest BCUT2D eigenvalue weighted by atomic mass is 32.2. The van der Waals surface area contributed by atoms with Gasteiger partial charge in [-0.15, -0.1) is 0 Å². The number of esters is 1. The molecule has 5 nitrogen and oxygen atoms in total. The number of hydrogen-bond acceptors (Lipinski definition) is 5. The number of hydrogen-bond donors (Lipinski definition) is 1. The molecule has 0 radical (unpaired) electrons. The molecule has 1 amide bonds. The average molecular weight is 274 g/mol. The zero-order valence-corrected chi connectivity index (χ0v) is 12.1. The van der Waals surface area contributed by atoms with Gasteiger partial charge in [-0.25, -0.2) is 0 Å². The van der Waals surface area contributed by atoms with Gasteiger partial charge in [0.1, 0.15) is 0 Å². The van der Waals surface area contributed by atoms with Gasteiger partial charge < -0.3 is 15.0 Å². The van der Waals surface area contributed by atoms with Gasteiger partial charge in [-0.3, -0.25) is 9.59 Å². The Morgan fingerprint density at radius 1 is 1.56 bits per heavy atom. The van der Waals surface area contributed by atoms with Crippen LogP contribution in [0, 0.1) is 5.92 Å². The molecule has 1 rings (SSSR count). The van der Waals surface area contributed by atoms with Gasteiger partial charge >= 0.3 is 5.97 Å². The molecule has 2 atom stereocenters. The molecule has 18 heavy (non-hydrogen) atoms. The quantitative estimate of drug-likeness (QED) is 0.733. The van der Waals surface area contributed by atoms with E-state index in [4.69, 9.17) is 0 Å². The highest BCUT2D eigenvalue weighted by Crippen LogP contribution is 2.11. The van der Waals surface area contributed by atoms with Crippen molar-refractivity contribution >= 4 is 23.6 Å². The smallest absolute Gasteiger partial charge is 0.310 e. The molecule has 1 fully saturated rings. The molecule has 6 heteroatoms. The summed E-state index contributed by atoms with van der Waals surface area (Å²) in [5.41, 5.74) is 0. The van der Waals surface area contributed by atoms with Crippen LogP contribution in [0.15, 0.2) is 0 Å². The summed E-state index contributed by atoms with van der Waals surface area (Å²) < 4.78 is 4.65. The molecule has 0 aromatic carbocycles. The molecule has 0 spiro atoms. The van der Waals surface area contributed by atoms with Crippen LogP contribution in [0.5, 0.6) is 0 Å². The summed E-state index contributed by atoms with van der Waals surface area (Å²) in [5.74, 6) is 1.61. The molecule has 0 aromatic rings. The molecule has 0 aromatic heterocycles. The average Bonchev–Trinajstić information content (AvgIpc) is 2.38. The maximum absolute atomic E-state index is 12.0. The van der Waals surface area contributed by atoms with E-state index in [9.17, 15) is 9.59 Å². The predicted octanol–water partition coefficient (Wildman–Crippen LogP) is 0.349. The standard InChI is InChI=1S/C12H22N2O3S/c1-9(12(16)17-3)7-14(2)11(15)6-10-8-18-5-4-13-10/h9-10,13H,4-8H2,1-3H3. The van der Waals surface area contributed by atoms with Gasteiger partial charge in [-0.2, -0.15) is 11.8 Å². The van der Waals surface area contributed by atoms with E-state index in [1.54, 1.807) is 18.9 Å². The Bertz CT molecular complexity index is 293. The highest BCUT2D eigenvalue weighted by molar-refractivity contribution is 7.99. The second kappa shape index (κ2) is 7.63. The topological polar surface area (TPSA) is 58.6 Å². The van der Waals surface area contributed by atoms with E-state index in [1.807, 2.05) is 11.8 Å². The molecule has 0 saturated carbocycles. The van der Waals surface area contributed by atoms with Crippen LogP contribution >= 0.6 is 11.8 Å². The van der Waals surface area contributed by atoms with Crippen molar-refractivity contribution in [1.29, 1.82) is 0 Å². The first-order chi connectivity index (χ1) is 8.54. The van der Waals surface area contributed by atoms with Crippen LogP contribution in [0.1, 0.15) is 13.3 Å². The van der Waals surface area contributed by atoms with Crippen LogP contribution in [0.4, 0.5) is 0 Å². The molecule has 104 valence electrons. The Kier molecular flexibility index (Phi) is 6.49. The van der Waals surface area contributed by atoms with Gasteiger partial charge in [0, 0.05) is 44.1 Å². The van der Waals surface area contributed by atoms with Crippen LogP contribution in [0.25, 0.3) is 0 Å². The zero-order valence-electron chi connectivity index (χ0n) is 11.3. The largest absolute Gasteiger partial charge is 0.469 e. The maximum atomic E-state index is 12.0. The van der Waals surface area contributed by atoms with Crippen LogP contribution < -0.4 is 5.32 Å². The van der Waals surface area contributed by atoms with E-state index in [2.05, 4.69) is 10.1 Å². The van der Waals surface area contributed by atoms with Crippen molar-refractivity contribution in [2.45, 2.75) is 19.4 Å². The number of carbonyl (C=O) groups excluding carboxylic acids is 2. The van der Waals surface area contributed by atoms with E-state index in [0.717, 1.165) is 18.1 Å². The number of nitrogens with zero attached hydrogens (tertiary/aromatic N) is 1. The third-order valence-corrected chi connectivity index (χ3v) is 4.13. The van der Waals surface area contributed by atoms with Gasteiger partial charge in [-0.1, -0.05) is 6.92 Å². The van der Waals surface area contributed by atoms with Gasteiger partial charge in [0.05, 0.1) is 13.0 Å². The first-order valence-corrected chi connectivity index (χ1v) is 7.33. The Morgan fingerprint density at radius 3 is 2.83 bits per heavy atom. The minimum Gasteiger partial charge on any atom is -0.469 e. The molecule has 0 aliphatic carbocycles. The first-order valence-electron chi connectivity index (χ1n) is 6.17. The first kappa shape index (κ1) is 15.3. The normalized spacial score (nSPS) is 21.2. The van der Waals surface area contributed by atoms with Gasteiger partial charge in [-0.05, 0) is 0 Å². The van der Waals surface area contributed by atoms with E-state index in [0.29, 0.717) is 13.0 Å². The molecule has 1 heterocycles. The summed E-state index contributed by atoms with van der Waals surface area (Å²) in [7, 11) is 3.10. The zero-order chi connectivity index (χ0) is 13.5. The van der Waals surface area contributed by atoms with Crippen LogP contribution in [0.2, 0.25) is 0 Å². The lowest BCUT2D eigenvalue weighted by Gasteiger charge is -2.26. The van der Waals surface area contributed by atoms with Crippen LogP contribution in [-0.4, -0.2) is 61.6 Å². The number of amides is 1. The SMILES string of the molecule is COC(=O)C(C)CN(C)C(=O)CC1CSCCN1. The van der Waals surface area contributed by atoms with Gasteiger partial charge in [0.25, 0.3) is 0 Å². The number of carbonyl (C=O) groups is 2. The Morgan fingerprint density at radius 2 is 2.28 bits per heavy atom. The molecule has 1 N–H and O–H groups in total. The molecule has 1 saturated heterocycles. The fraction of sp³-hybridized carbons (Fsp3) is 0.833. The summed E-state index contributed by atoms with van der Waals surface area (Å²) in [4.78, 5) is 24.9. The van der Waals surface area contributed by atoms with Crippen molar-refractivity contribution in [3.63, 3.8) is 0 Å². The molecule has 1 aliphatic rings. The number of thioether (sulfide) groups is 1. The summed E-state index contributed by atoms with van der Waals surface area (Å²) >= 11 is 1.87. The number of nitrogens with one attached hydrogen (secondary N) is 1. The Labute approximate surface area is 113 Å². The van der Waals surface area contributed by atoms with Crippen molar-refractivity contribution in [2.75, 3.05) is 38.8 Å². The highest BCUT2D eigenvalue weighted by Gasteiger charge is 2.22. The lowest BCUT2D eigenvalue weighted by molar-refractivity contribution is -0.146. The van der Waals surface area contributed by atoms with Crippen LogP contribution in [0.3, 0.4) is 0 Å². The third kappa shape index (κ3) is 4.86. The van der Waals surface area contributed by atoms with Crippen molar-refractivity contribution in [1.82, 2.24) is 10.2 Å². The maximum Gasteiger partial charge on any atom is 0.310 e. The number of rotatable bonds is 5. The fourth-order valence-electron chi connectivity index (χ4n) is 1.91. The minimum absolute atomic E-state index is 0.0748. The summed E-state index contributed by atoms with van der Waals surface area (Å²) in [6.45, 7) is 3.14. The van der Waals surface area contributed by atoms with Crippen molar-refractivity contribution in [2.24, 2.45) is 5.92 Å². The Hall–Kier alpha value is -0.750. The predicted molar refractivity (Wildman–Crippen MR) is 72.5 cm³/mol. The lowest BCUT2D eigenvalue weighted by atomic mass is 10.1. The number of ether oxygens (including phenoxy) is 1. The molecular weight excluding hydrogens is 252 g/mol. The molecule has 2 unspecified atom stereocenters. The van der Waals surface area contributed by atoms with Crippen molar-refractivity contribution in [3.05, 3.63) is 0 Å². The van der Waals surface area contributed by atoms with Crippen molar-refractivity contribution < 1.29 is 14.3 Å². The minimum atomic E-state index is -0.280. The van der Waals surface area contributed by atoms with Crippen molar-refractivity contribution in [3.8, 4) is 0 Å². The van der Waals surface area contributed by atoms with Crippen LogP contribution in [-0.2, 0) is 14.3 Å². The molecular formula is C12H22N2O3S. The summed E-state index contributed by atoms with van der Waals surface area (Å²) in [6.07, 6.45) is 0.497.